The summed E-state index contributed by atoms with van der Waals surface area (Å²) in [4.78, 5) is 14.8. The van der Waals surface area contributed by atoms with Crippen LogP contribution in [0, 0.1) is 6.92 Å². The van der Waals surface area contributed by atoms with E-state index in [9.17, 15) is 9.90 Å². The Bertz CT molecular complexity index is 561. The van der Waals surface area contributed by atoms with Crippen molar-refractivity contribution in [3.05, 3.63) is 47.7 Å². The molecule has 1 aromatic carbocycles. The Labute approximate surface area is 98.2 Å². The summed E-state index contributed by atoms with van der Waals surface area (Å²) in [6, 6.07) is 10.5. The summed E-state index contributed by atoms with van der Waals surface area (Å²) in [6.45, 7) is 1.97. The van der Waals surface area contributed by atoms with Crippen LogP contribution in [0.2, 0.25) is 0 Å². The molecule has 0 unspecified atom stereocenters. The van der Waals surface area contributed by atoms with Gasteiger partial charge in [0.25, 0.3) is 0 Å². The summed E-state index contributed by atoms with van der Waals surface area (Å²) in [5.74, 6) is -1.56. The Morgan fingerprint density at radius 1 is 1.12 bits per heavy atom. The zero-order chi connectivity index (χ0) is 12.4. The summed E-state index contributed by atoms with van der Waals surface area (Å²) in [6.07, 6.45) is 0. The highest BCUT2D eigenvalue weighted by Gasteiger charge is 2.12. The van der Waals surface area contributed by atoms with Crippen molar-refractivity contribution in [2.75, 3.05) is 0 Å². The molecule has 0 radical (unpaired) electrons. The molecule has 17 heavy (non-hydrogen) atoms. The maximum atomic E-state index is 10.8. The van der Waals surface area contributed by atoms with Gasteiger partial charge in [0, 0.05) is 5.56 Å². The fourth-order valence-electron chi connectivity index (χ4n) is 1.49. The highest BCUT2D eigenvalue weighted by molar-refractivity contribution is 5.89. The van der Waals surface area contributed by atoms with Crippen LogP contribution in [0.25, 0.3) is 11.3 Å². The number of carboxylic acid groups (broad SMARTS) is 1. The average molecular weight is 229 g/mol. The van der Waals surface area contributed by atoms with Gasteiger partial charge in [-0.1, -0.05) is 29.8 Å². The van der Waals surface area contributed by atoms with Crippen LogP contribution in [0.1, 0.15) is 16.1 Å². The molecule has 4 nitrogen and oxygen atoms in total. The first-order chi connectivity index (χ1) is 8.08. The lowest BCUT2D eigenvalue weighted by Crippen LogP contribution is -2.01. The molecule has 0 saturated carbocycles. The molecule has 4 heteroatoms. The van der Waals surface area contributed by atoms with Crippen molar-refractivity contribution in [1.82, 2.24) is 4.98 Å². The smallest absolute Gasteiger partial charge is 0.358 e. The third-order valence-electron chi connectivity index (χ3n) is 2.42. The number of hydrogen-bond donors (Lipinski definition) is 2. The van der Waals surface area contributed by atoms with E-state index in [1.54, 1.807) is 6.07 Å². The summed E-state index contributed by atoms with van der Waals surface area (Å²) in [5, 5.41) is 18.2. The highest BCUT2D eigenvalue weighted by Crippen LogP contribution is 2.22. The SMILES string of the molecule is Cc1ccc(-c2ccc(O)c(C(=O)O)n2)cc1. The molecule has 86 valence electrons. The quantitative estimate of drug-likeness (QED) is 0.829. The number of aromatic carboxylic acids is 1. The Kier molecular flexibility index (Phi) is 2.78. The monoisotopic (exact) mass is 229 g/mol. The van der Waals surface area contributed by atoms with E-state index >= 15 is 0 Å². The van der Waals surface area contributed by atoms with Gasteiger partial charge in [-0.05, 0) is 19.1 Å². The number of aryl methyl sites for hydroxylation is 1. The fourth-order valence-corrected chi connectivity index (χ4v) is 1.49. The van der Waals surface area contributed by atoms with Gasteiger partial charge in [0.05, 0.1) is 5.69 Å². The second-order valence-electron chi connectivity index (χ2n) is 3.74. The Morgan fingerprint density at radius 2 is 1.76 bits per heavy atom. The maximum Gasteiger partial charge on any atom is 0.358 e. The number of aromatic nitrogens is 1. The first kappa shape index (κ1) is 11.1. The molecule has 2 aromatic rings. The lowest BCUT2D eigenvalue weighted by atomic mass is 10.1. The van der Waals surface area contributed by atoms with Crippen molar-refractivity contribution >= 4 is 5.97 Å². The van der Waals surface area contributed by atoms with E-state index in [-0.39, 0.29) is 11.4 Å². The van der Waals surface area contributed by atoms with Gasteiger partial charge in [0.15, 0.2) is 5.69 Å². The van der Waals surface area contributed by atoms with Crippen molar-refractivity contribution in [2.45, 2.75) is 6.92 Å². The van der Waals surface area contributed by atoms with Crippen LogP contribution in [0.3, 0.4) is 0 Å². The summed E-state index contributed by atoms with van der Waals surface area (Å²) in [5.41, 5.74) is 2.13. The molecule has 1 heterocycles. The van der Waals surface area contributed by atoms with Crippen molar-refractivity contribution in [3.8, 4) is 17.0 Å². The fraction of sp³-hybridized carbons (Fsp3) is 0.0769. The normalized spacial score (nSPS) is 10.2. The zero-order valence-electron chi connectivity index (χ0n) is 9.21. The van der Waals surface area contributed by atoms with E-state index in [0.717, 1.165) is 11.1 Å². The van der Waals surface area contributed by atoms with Gasteiger partial charge >= 0.3 is 5.97 Å². The molecule has 0 aliphatic carbocycles. The van der Waals surface area contributed by atoms with Crippen LogP contribution in [-0.4, -0.2) is 21.2 Å². The second-order valence-corrected chi connectivity index (χ2v) is 3.74. The van der Waals surface area contributed by atoms with Gasteiger partial charge in [0.1, 0.15) is 5.75 Å². The lowest BCUT2D eigenvalue weighted by Gasteiger charge is -2.04. The van der Waals surface area contributed by atoms with E-state index < -0.39 is 5.97 Å². The number of nitrogens with zero attached hydrogens (tertiary/aromatic N) is 1. The number of pyridine rings is 1. The van der Waals surface area contributed by atoms with Crippen LogP contribution >= 0.6 is 0 Å². The Morgan fingerprint density at radius 3 is 2.35 bits per heavy atom. The van der Waals surface area contributed by atoms with Crippen molar-refractivity contribution < 1.29 is 15.0 Å². The van der Waals surface area contributed by atoms with Gasteiger partial charge in [-0.15, -0.1) is 0 Å². The van der Waals surface area contributed by atoms with Crippen molar-refractivity contribution in [3.63, 3.8) is 0 Å². The van der Waals surface area contributed by atoms with Crippen LogP contribution in [0.15, 0.2) is 36.4 Å². The molecule has 0 aliphatic rings. The average Bonchev–Trinajstić information content (AvgIpc) is 2.30. The molecule has 0 amide bonds. The molecule has 0 spiro atoms. The maximum absolute atomic E-state index is 10.8. The van der Waals surface area contributed by atoms with Gasteiger partial charge in [0.2, 0.25) is 0 Å². The Balaban J connectivity index is 2.50. The van der Waals surface area contributed by atoms with E-state index in [2.05, 4.69) is 4.98 Å². The number of carboxylic acids is 1. The molecular formula is C13H11NO3. The number of carbonyl (C=O) groups is 1. The van der Waals surface area contributed by atoms with Gasteiger partial charge < -0.3 is 10.2 Å². The first-order valence-electron chi connectivity index (χ1n) is 5.08. The zero-order valence-corrected chi connectivity index (χ0v) is 9.21. The van der Waals surface area contributed by atoms with Crippen LogP contribution in [0.4, 0.5) is 0 Å². The molecule has 2 rings (SSSR count). The third-order valence-corrected chi connectivity index (χ3v) is 2.42. The third kappa shape index (κ3) is 2.25. The van der Waals surface area contributed by atoms with Crippen molar-refractivity contribution in [2.24, 2.45) is 0 Å². The minimum Gasteiger partial charge on any atom is -0.505 e. The lowest BCUT2D eigenvalue weighted by molar-refractivity contribution is 0.0687. The second kappa shape index (κ2) is 4.25. The van der Waals surface area contributed by atoms with E-state index in [4.69, 9.17) is 5.11 Å². The van der Waals surface area contributed by atoms with Crippen LogP contribution < -0.4 is 0 Å². The molecule has 2 N–H and O–H groups in total. The molecular weight excluding hydrogens is 218 g/mol. The van der Waals surface area contributed by atoms with Gasteiger partial charge in [-0.2, -0.15) is 0 Å². The first-order valence-corrected chi connectivity index (χ1v) is 5.08. The summed E-state index contributed by atoms with van der Waals surface area (Å²) in [7, 11) is 0. The molecule has 1 aromatic heterocycles. The Hall–Kier alpha value is -2.36. The van der Waals surface area contributed by atoms with E-state index in [1.807, 2.05) is 31.2 Å². The topological polar surface area (TPSA) is 70.4 Å². The molecule has 0 fully saturated rings. The largest absolute Gasteiger partial charge is 0.505 e. The van der Waals surface area contributed by atoms with Gasteiger partial charge in [-0.3, -0.25) is 0 Å². The van der Waals surface area contributed by atoms with E-state index in [0.29, 0.717) is 5.69 Å². The predicted molar refractivity (Wildman–Crippen MR) is 63.0 cm³/mol. The number of aromatic hydroxyl groups is 1. The van der Waals surface area contributed by atoms with E-state index in [1.165, 1.54) is 6.07 Å². The van der Waals surface area contributed by atoms with Gasteiger partial charge in [-0.25, -0.2) is 9.78 Å². The minimum absolute atomic E-state index is 0.326. The number of benzene rings is 1. The minimum atomic E-state index is -1.24. The molecule has 0 bridgehead atoms. The van der Waals surface area contributed by atoms with Crippen LogP contribution in [-0.2, 0) is 0 Å². The molecule has 0 aliphatic heterocycles. The molecule has 0 saturated heterocycles. The van der Waals surface area contributed by atoms with Crippen LogP contribution in [0.5, 0.6) is 5.75 Å². The highest BCUT2D eigenvalue weighted by atomic mass is 16.4. The number of hydrogen-bond acceptors (Lipinski definition) is 3. The van der Waals surface area contributed by atoms with Crippen molar-refractivity contribution in [1.29, 1.82) is 0 Å². The predicted octanol–water partition coefficient (Wildman–Crippen LogP) is 2.46. The summed E-state index contributed by atoms with van der Waals surface area (Å²) >= 11 is 0. The number of rotatable bonds is 2. The molecule has 0 atom stereocenters. The summed E-state index contributed by atoms with van der Waals surface area (Å²) < 4.78 is 0. The standard InChI is InChI=1S/C13H11NO3/c1-8-2-4-9(5-3-8)10-6-7-11(15)12(14-10)13(16)17/h2-7,15H,1H3,(H,16,17).